The molecule has 1 heterocycles. The van der Waals surface area contributed by atoms with Crippen LogP contribution in [0.2, 0.25) is 0 Å². The minimum atomic E-state index is -2.68. The van der Waals surface area contributed by atoms with Gasteiger partial charge in [-0.3, -0.25) is 4.79 Å². The SMILES string of the molecule is C[C@]12CC[C@H]3[C@@H](CC=C4C[C@](O)(C(F)F)CC[C@@H]43)[C@@H]1CC[C@@H]2C(=O)Cn1nccn1. The van der Waals surface area contributed by atoms with E-state index in [2.05, 4.69) is 23.2 Å². The maximum absolute atomic E-state index is 13.4. The third-order valence-corrected chi connectivity index (χ3v) is 9.10. The normalized spacial score (nSPS) is 43.0. The fourth-order valence-electron chi connectivity index (χ4n) is 7.61. The number of aromatic nitrogens is 3. The fraction of sp³-hybridized carbons (Fsp3) is 0.783. The zero-order chi connectivity index (χ0) is 21.1. The van der Waals surface area contributed by atoms with Crippen LogP contribution in [0.4, 0.5) is 8.78 Å². The number of allylic oxidation sites excluding steroid dienone is 1. The molecule has 3 fully saturated rings. The van der Waals surface area contributed by atoms with E-state index in [1.807, 2.05) is 0 Å². The Labute approximate surface area is 175 Å². The van der Waals surface area contributed by atoms with Crippen molar-refractivity contribution >= 4 is 5.78 Å². The molecule has 0 saturated heterocycles. The molecule has 164 valence electrons. The Bertz CT molecular complexity index is 842. The number of ketones is 1. The number of fused-ring (bicyclic) bond motifs is 5. The molecule has 1 aromatic rings. The molecule has 1 aromatic heterocycles. The first kappa shape index (κ1) is 20.3. The van der Waals surface area contributed by atoms with Gasteiger partial charge in [-0.1, -0.05) is 18.6 Å². The number of Topliss-reactive ketones (excluding diaryl/α,β-unsaturated/α-hetero) is 1. The number of carbonyl (C=O) groups excluding carboxylic acids is 1. The van der Waals surface area contributed by atoms with Gasteiger partial charge in [0.15, 0.2) is 5.78 Å². The zero-order valence-electron chi connectivity index (χ0n) is 17.5. The Balaban J connectivity index is 1.34. The van der Waals surface area contributed by atoms with Crippen LogP contribution < -0.4 is 0 Å². The van der Waals surface area contributed by atoms with E-state index in [9.17, 15) is 18.7 Å². The van der Waals surface area contributed by atoms with Gasteiger partial charge in [0, 0.05) is 12.3 Å². The quantitative estimate of drug-likeness (QED) is 0.748. The molecule has 1 N–H and O–H groups in total. The predicted molar refractivity (Wildman–Crippen MR) is 107 cm³/mol. The molecule has 5 nitrogen and oxygen atoms in total. The first-order valence-electron chi connectivity index (χ1n) is 11.4. The molecule has 0 bridgehead atoms. The predicted octanol–water partition coefficient (Wildman–Crippen LogP) is 4.03. The second kappa shape index (κ2) is 7.21. The van der Waals surface area contributed by atoms with Crippen molar-refractivity contribution in [2.45, 2.75) is 76.9 Å². The Kier molecular flexibility index (Phi) is 4.88. The van der Waals surface area contributed by atoms with E-state index >= 15 is 0 Å². The lowest BCUT2D eigenvalue weighted by molar-refractivity contribution is -0.131. The number of carbonyl (C=O) groups is 1. The van der Waals surface area contributed by atoms with Crippen molar-refractivity contribution in [1.82, 2.24) is 15.0 Å². The highest BCUT2D eigenvalue weighted by molar-refractivity contribution is 5.82. The lowest BCUT2D eigenvalue weighted by atomic mass is 9.51. The molecule has 0 radical (unpaired) electrons. The van der Waals surface area contributed by atoms with E-state index in [0.29, 0.717) is 30.1 Å². The monoisotopic (exact) mass is 419 g/mol. The van der Waals surface area contributed by atoms with Crippen molar-refractivity contribution < 1.29 is 18.7 Å². The molecule has 7 atom stereocenters. The van der Waals surface area contributed by atoms with Crippen molar-refractivity contribution in [3.8, 4) is 0 Å². The fourth-order valence-corrected chi connectivity index (χ4v) is 7.61. The molecule has 3 saturated carbocycles. The van der Waals surface area contributed by atoms with Crippen LogP contribution in [0.25, 0.3) is 0 Å². The summed E-state index contributed by atoms with van der Waals surface area (Å²) in [6, 6.07) is 0. The summed E-state index contributed by atoms with van der Waals surface area (Å²) in [4.78, 5) is 14.6. The summed E-state index contributed by atoms with van der Waals surface area (Å²) in [6.07, 6.45) is 8.61. The molecule has 5 rings (SSSR count). The second-order valence-corrected chi connectivity index (χ2v) is 10.4. The van der Waals surface area contributed by atoms with Gasteiger partial charge < -0.3 is 5.11 Å². The summed E-state index contributed by atoms with van der Waals surface area (Å²) in [7, 11) is 0. The summed E-state index contributed by atoms with van der Waals surface area (Å²) in [6.45, 7) is 2.54. The summed E-state index contributed by atoms with van der Waals surface area (Å²) in [5.74, 6) is 2.15. The molecule has 4 aliphatic carbocycles. The van der Waals surface area contributed by atoms with E-state index in [1.54, 1.807) is 12.4 Å². The minimum Gasteiger partial charge on any atom is -0.384 e. The van der Waals surface area contributed by atoms with Crippen molar-refractivity contribution in [3.63, 3.8) is 0 Å². The Morgan fingerprint density at radius 3 is 2.70 bits per heavy atom. The Morgan fingerprint density at radius 1 is 1.20 bits per heavy atom. The Morgan fingerprint density at radius 2 is 1.97 bits per heavy atom. The first-order chi connectivity index (χ1) is 14.3. The maximum Gasteiger partial charge on any atom is 0.267 e. The summed E-state index contributed by atoms with van der Waals surface area (Å²) in [5.41, 5.74) is -0.775. The van der Waals surface area contributed by atoms with Crippen molar-refractivity contribution in [1.29, 1.82) is 0 Å². The third-order valence-electron chi connectivity index (χ3n) is 9.10. The molecule has 4 aliphatic rings. The molecular weight excluding hydrogens is 388 g/mol. The molecular formula is C23H31F2N3O2. The second-order valence-electron chi connectivity index (χ2n) is 10.4. The van der Waals surface area contributed by atoms with Crippen LogP contribution in [0.5, 0.6) is 0 Å². The van der Waals surface area contributed by atoms with Gasteiger partial charge in [-0.2, -0.15) is 15.0 Å². The van der Waals surface area contributed by atoms with Gasteiger partial charge in [-0.05, 0) is 74.0 Å². The van der Waals surface area contributed by atoms with Crippen LogP contribution in [-0.2, 0) is 11.3 Å². The molecule has 0 aliphatic heterocycles. The Hall–Kier alpha value is -1.63. The highest BCUT2D eigenvalue weighted by Gasteiger charge is 2.58. The largest absolute Gasteiger partial charge is 0.384 e. The molecule has 7 heteroatoms. The van der Waals surface area contributed by atoms with Crippen LogP contribution in [-0.4, -0.2) is 37.9 Å². The van der Waals surface area contributed by atoms with Crippen LogP contribution in [0, 0.1) is 35.0 Å². The summed E-state index contributed by atoms with van der Waals surface area (Å²) < 4.78 is 26.7. The van der Waals surface area contributed by atoms with Gasteiger partial charge in [-0.15, -0.1) is 0 Å². The topological polar surface area (TPSA) is 68.0 Å². The van der Waals surface area contributed by atoms with Crippen LogP contribution >= 0.6 is 0 Å². The van der Waals surface area contributed by atoms with Gasteiger partial charge in [0.2, 0.25) is 0 Å². The standard InChI is InChI=1S/C23H31F2N3O2/c1-22-8-6-16-15-7-9-23(30,21(24)25)12-14(15)2-3-17(16)18(22)4-5-19(22)20(29)13-28-26-10-11-27-28/h2,10-11,15-19,21,30H,3-9,12-13H2,1H3/t15-,16+,17+,18-,19+,22-,23-/m0/s1. The van der Waals surface area contributed by atoms with Gasteiger partial charge >= 0.3 is 0 Å². The maximum atomic E-state index is 13.4. The van der Waals surface area contributed by atoms with Crippen molar-refractivity contribution in [2.75, 3.05) is 0 Å². The van der Waals surface area contributed by atoms with Gasteiger partial charge in [0.05, 0.1) is 12.4 Å². The molecule has 0 spiro atoms. The molecule has 0 amide bonds. The summed E-state index contributed by atoms with van der Waals surface area (Å²) in [5, 5.41) is 18.5. The number of hydrogen-bond acceptors (Lipinski definition) is 4. The van der Waals surface area contributed by atoms with Crippen molar-refractivity contribution in [3.05, 3.63) is 24.0 Å². The number of alkyl halides is 2. The third kappa shape index (κ3) is 3.07. The van der Waals surface area contributed by atoms with Crippen LogP contribution in [0.1, 0.15) is 58.3 Å². The molecule has 30 heavy (non-hydrogen) atoms. The molecule has 0 aromatic carbocycles. The van der Waals surface area contributed by atoms with Crippen LogP contribution in [0.3, 0.4) is 0 Å². The number of halogens is 2. The lowest BCUT2D eigenvalue weighted by Gasteiger charge is -2.54. The highest BCUT2D eigenvalue weighted by Crippen LogP contribution is 2.63. The lowest BCUT2D eigenvalue weighted by Crippen LogP contribution is -2.50. The zero-order valence-corrected chi connectivity index (χ0v) is 17.5. The smallest absolute Gasteiger partial charge is 0.267 e. The number of nitrogens with zero attached hydrogens (tertiary/aromatic N) is 3. The minimum absolute atomic E-state index is 0.00905. The summed E-state index contributed by atoms with van der Waals surface area (Å²) >= 11 is 0. The highest BCUT2D eigenvalue weighted by atomic mass is 19.3. The average molecular weight is 420 g/mol. The first-order valence-corrected chi connectivity index (χ1v) is 11.4. The van der Waals surface area contributed by atoms with Crippen LogP contribution in [0.15, 0.2) is 24.0 Å². The number of aliphatic hydroxyl groups is 1. The van der Waals surface area contributed by atoms with E-state index in [-0.39, 0.29) is 36.5 Å². The average Bonchev–Trinajstić information content (AvgIpc) is 3.34. The van der Waals surface area contributed by atoms with E-state index in [4.69, 9.17) is 0 Å². The van der Waals surface area contributed by atoms with Gasteiger partial charge in [0.25, 0.3) is 6.43 Å². The van der Waals surface area contributed by atoms with Crippen molar-refractivity contribution in [2.24, 2.45) is 35.0 Å². The van der Waals surface area contributed by atoms with E-state index in [1.165, 1.54) is 4.80 Å². The van der Waals surface area contributed by atoms with Gasteiger partial charge in [0.1, 0.15) is 12.1 Å². The van der Waals surface area contributed by atoms with E-state index < -0.39 is 12.0 Å². The van der Waals surface area contributed by atoms with E-state index in [0.717, 1.165) is 37.7 Å². The number of rotatable bonds is 4. The molecule has 0 unspecified atom stereocenters. The number of hydrogen-bond donors (Lipinski definition) is 1. The van der Waals surface area contributed by atoms with Gasteiger partial charge in [-0.25, -0.2) is 8.78 Å².